The largest absolute Gasteiger partial charge is 0.368 e. The first-order valence-corrected chi connectivity index (χ1v) is 8.48. The first-order chi connectivity index (χ1) is 11.2. The molecule has 4 heteroatoms. The zero-order valence-electron chi connectivity index (χ0n) is 14.0. The van der Waals surface area contributed by atoms with Crippen LogP contribution in [0, 0.1) is 0 Å². The molecule has 1 N–H and O–H groups in total. The predicted octanol–water partition coefficient (Wildman–Crippen LogP) is 2.75. The van der Waals surface area contributed by atoms with E-state index in [9.17, 15) is 4.79 Å². The fourth-order valence-electron chi connectivity index (χ4n) is 2.88. The molecule has 2 unspecified atom stereocenters. The maximum absolute atomic E-state index is 12.2. The lowest BCUT2D eigenvalue weighted by atomic mass is 10.0. The van der Waals surface area contributed by atoms with Crippen molar-refractivity contribution in [3.8, 4) is 0 Å². The summed E-state index contributed by atoms with van der Waals surface area (Å²) in [4.78, 5) is 14.6. The van der Waals surface area contributed by atoms with E-state index in [-0.39, 0.29) is 11.9 Å². The average molecular weight is 316 g/mol. The van der Waals surface area contributed by atoms with Crippen molar-refractivity contribution >= 4 is 5.91 Å². The number of rotatable bonds is 8. The van der Waals surface area contributed by atoms with E-state index in [4.69, 9.17) is 4.74 Å². The van der Waals surface area contributed by atoms with Crippen LogP contribution < -0.4 is 5.32 Å². The van der Waals surface area contributed by atoms with Crippen LogP contribution in [-0.4, -0.2) is 42.6 Å². The molecule has 1 aliphatic heterocycles. The quantitative estimate of drug-likeness (QED) is 0.592. The molecule has 4 nitrogen and oxygen atoms in total. The Hall–Kier alpha value is -1.65. The molecule has 2 atom stereocenters. The highest BCUT2D eigenvalue weighted by Gasteiger charge is 2.23. The highest BCUT2D eigenvalue weighted by molar-refractivity contribution is 5.80. The van der Waals surface area contributed by atoms with Crippen molar-refractivity contribution in [3.05, 3.63) is 48.6 Å². The molecule has 1 amide bonds. The Morgan fingerprint density at radius 2 is 2.26 bits per heavy atom. The number of carbonyl (C=O) groups excluding carboxylic acids is 1. The third-order valence-electron chi connectivity index (χ3n) is 4.16. The van der Waals surface area contributed by atoms with Gasteiger partial charge in [-0.25, -0.2) is 0 Å². The Morgan fingerprint density at radius 1 is 1.48 bits per heavy atom. The molecule has 126 valence electrons. The van der Waals surface area contributed by atoms with Gasteiger partial charge >= 0.3 is 0 Å². The first-order valence-electron chi connectivity index (χ1n) is 8.48. The fourth-order valence-corrected chi connectivity index (χ4v) is 2.88. The Balaban J connectivity index is 1.77. The number of piperidine rings is 1. The van der Waals surface area contributed by atoms with E-state index in [1.165, 1.54) is 5.56 Å². The Morgan fingerprint density at radius 3 is 3.00 bits per heavy atom. The zero-order chi connectivity index (χ0) is 16.5. The summed E-state index contributed by atoms with van der Waals surface area (Å²) in [6.07, 6.45) is 4.32. The Bertz CT molecular complexity index is 489. The van der Waals surface area contributed by atoms with Crippen LogP contribution >= 0.6 is 0 Å². The zero-order valence-corrected chi connectivity index (χ0v) is 14.0. The SMILES string of the molecule is C=CCCOC(C)C(=O)NC1CCCN(Cc2ccccc2)C1. The Kier molecular flexibility index (Phi) is 7.30. The van der Waals surface area contributed by atoms with Gasteiger partial charge in [0.05, 0.1) is 6.61 Å². The van der Waals surface area contributed by atoms with Crippen LogP contribution in [0.4, 0.5) is 0 Å². The van der Waals surface area contributed by atoms with E-state index >= 15 is 0 Å². The highest BCUT2D eigenvalue weighted by Crippen LogP contribution is 2.14. The summed E-state index contributed by atoms with van der Waals surface area (Å²) in [7, 11) is 0. The molecule has 1 aromatic carbocycles. The smallest absolute Gasteiger partial charge is 0.249 e. The van der Waals surface area contributed by atoms with Crippen LogP contribution in [0.25, 0.3) is 0 Å². The molecule has 0 bridgehead atoms. The van der Waals surface area contributed by atoms with Crippen molar-refractivity contribution < 1.29 is 9.53 Å². The molecular weight excluding hydrogens is 288 g/mol. The highest BCUT2D eigenvalue weighted by atomic mass is 16.5. The first kappa shape index (κ1) is 17.7. The third-order valence-corrected chi connectivity index (χ3v) is 4.16. The summed E-state index contributed by atoms with van der Waals surface area (Å²) < 4.78 is 5.51. The number of likely N-dealkylation sites (tertiary alicyclic amines) is 1. The van der Waals surface area contributed by atoms with Crippen LogP contribution in [0.1, 0.15) is 31.7 Å². The van der Waals surface area contributed by atoms with Crippen molar-refractivity contribution in [2.24, 2.45) is 0 Å². The topological polar surface area (TPSA) is 41.6 Å². The van der Waals surface area contributed by atoms with E-state index in [2.05, 4.69) is 41.1 Å². The molecular formula is C19H28N2O2. The molecule has 1 heterocycles. The molecule has 1 aliphatic rings. The standard InChI is InChI=1S/C19H28N2O2/c1-3-4-13-23-16(2)19(22)20-18-11-8-12-21(15-18)14-17-9-6-5-7-10-17/h3,5-7,9-10,16,18H,1,4,8,11-15H2,2H3,(H,20,22). The van der Waals surface area contributed by atoms with Crippen LogP contribution in [0.15, 0.2) is 43.0 Å². The van der Waals surface area contributed by atoms with Gasteiger partial charge in [0, 0.05) is 19.1 Å². The fraction of sp³-hybridized carbons (Fsp3) is 0.526. The summed E-state index contributed by atoms with van der Waals surface area (Å²) in [5, 5.41) is 3.13. The van der Waals surface area contributed by atoms with E-state index in [0.717, 1.165) is 38.9 Å². The van der Waals surface area contributed by atoms with Crippen molar-refractivity contribution in [3.63, 3.8) is 0 Å². The van der Waals surface area contributed by atoms with Gasteiger partial charge in [-0.3, -0.25) is 9.69 Å². The van der Waals surface area contributed by atoms with E-state index in [1.54, 1.807) is 6.08 Å². The molecule has 0 aromatic heterocycles. The van der Waals surface area contributed by atoms with E-state index in [0.29, 0.717) is 6.61 Å². The molecule has 0 radical (unpaired) electrons. The lowest BCUT2D eigenvalue weighted by Crippen LogP contribution is -2.49. The molecule has 1 saturated heterocycles. The minimum atomic E-state index is -0.403. The van der Waals surface area contributed by atoms with Crippen molar-refractivity contribution in [1.29, 1.82) is 0 Å². The summed E-state index contributed by atoms with van der Waals surface area (Å²) in [5.74, 6) is -0.0133. The predicted molar refractivity (Wildman–Crippen MR) is 93.1 cm³/mol. The van der Waals surface area contributed by atoms with E-state index in [1.807, 2.05) is 13.0 Å². The van der Waals surface area contributed by atoms with Crippen molar-refractivity contribution in [2.75, 3.05) is 19.7 Å². The lowest BCUT2D eigenvalue weighted by Gasteiger charge is -2.33. The lowest BCUT2D eigenvalue weighted by molar-refractivity contribution is -0.132. The third kappa shape index (κ3) is 6.16. The van der Waals surface area contributed by atoms with Gasteiger partial charge in [-0.1, -0.05) is 36.4 Å². The van der Waals surface area contributed by atoms with Gasteiger partial charge in [-0.2, -0.15) is 0 Å². The van der Waals surface area contributed by atoms with E-state index < -0.39 is 6.10 Å². The number of nitrogens with zero attached hydrogens (tertiary/aromatic N) is 1. The van der Waals surface area contributed by atoms with Crippen LogP contribution in [0.2, 0.25) is 0 Å². The van der Waals surface area contributed by atoms with Gasteiger partial charge in [0.1, 0.15) is 6.10 Å². The normalized spacial score (nSPS) is 20.0. The van der Waals surface area contributed by atoms with Crippen LogP contribution in [0.3, 0.4) is 0 Å². The second kappa shape index (κ2) is 9.48. The number of carbonyl (C=O) groups is 1. The second-order valence-corrected chi connectivity index (χ2v) is 6.16. The number of amides is 1. The number of hydrogen-bond donors (Lipinski definition) is 1. The molecule has 0 aliphatic carbocycles. The van der Waals surface area contributed by atoms with Crippen LogP contribution in [0.5, 0.6) is 0 Å². The van der Waals surface area contributed by atoms with Gasteiger partial charge in [0.25, 0.3) is 0 Å². The minimum Gasteiger partial charge on any atom is -0.368 e. The van der Waals surface area contributed by atoms with Crippen molar-refractivity contribution in [2.45, 2.75) is 44.9 Å². The van der Waals surface area contributed by atoms with Gasteiger partial charge in [-0.15, -0.1) is 6.58 Å². The average Bonchev–Trinajstić information content (AvgIpc) is 2.56. The Labute approximate surface area is 139 Å². The molecule has 23 heavy (non-hydrogen) atoms. The molecule has 0 saturated carbocycles. The van der Waals surface area contributed by atoms with Gasteiger partial charge < -0.3 is 10.1 Å². The molecule has 2 rings (SSSR count). The van der Waals surface area contributed by atoms with Gasteiger partial charge in [-0.05, 0) is 38.3 Å². The summed E-state index contributed by atoms with van der Waals surface area (Å²) in [6.45, 7) is 8.94. The maximum atomic E-state index is 12.2. The number of hydrogen-bond acceptors (Lipinski definition) is 3. The van der Waals surface area contributed by atoms with Crippen LogP contribution in [-0.2, 0) is 16.1 Å². The summed E-state index contributed by atoms with van der Waals surface area (Å²) in [6, 6.07) is 10.7. The van der Waals surface area contributed by atoms with Gasteiger partial charge in [0.2, 0.25) is 5.91 Å². The molecule has 1 aromatic rings. The van der Waals surface area contributed by atoms with Gasteiger partial charge in [0.15, 0.2) is 0 Å². The molecule has 1 fully saturated rings. The monoisotopic (exact) mass is 316 g/mol. The number of ether oxygens (including phenoxy) is 1. The summed E-state index contributed by atoms with van der Waals surface area (Å²) in [5.41, 5.74) is 1.32. The second-order valence-electron chi connectivity index (χ2n) is 6.16. The molecule has 0 spiro atoms. The maximum Gasteiger partial charge on any atom is 0.249 e. The van der Waals surface area contributed by atoms with Crippen molar-refractivity contribution in [1.82, 2.24) is 10.2 Å². The number of benzene rings is 1. The number of nitrogens with one attached hydrogen (secondary N) is 1. The summed E-state index contributed by atoms with van der Waals surface area (Å²) >= 11 is 0. The minimum absolute atomic E-state index is 0.0133.